The third-order valence-electron chi connectivity index (χ3n) is 3.86. The average molecular weight is 335 g/mol. The molecule has 1 saturated heterocycles. The Morgan fingerprint density at radius 2 is 2.10 bits per heavy atom. The van der Waals surface area contributed by atoms with E-state index in [-0.39, 0.29) is 23.9 Å². The van der Waals surface area contributed by atoms with Gasteiger partial charge in [-0.15, -0.1) is 12.4 Å². The second-order valence-corrected chi connectivity index (χ2v) is 5.69. The quantitative estimate of drug-likeness (QED) is 0.915. The first kappa shape index (κ1) is 18.2. The number of nitrogens with zero attached hydrogens (tertiary/aromatic N) is 1. The van der Waals surface area contributed by atoms with Crippen molar-refractivity contribution < 1.29 is 9.18 Å². The van der Waals surface area contributed by atoms with Crippen LogP contribution in [0.15, 0.2) is 18.2 Å². The van der Waals surface area contributed by atoms with Crippen LogP contribution in [0.4, 0.5) is 4.39 Å². The predicted octanol–water partition coefficient (Wildman–Crippen LogP) is 3.36. The van der Waals surface area contributed by atoms with E-state index in [9.17, 15) is 9.18 Å². The van der Waals surface area contributed by atoms with Crippen LogP contribution in [0.2, 0.25) is 5.02 Å². The number of piperidine rings is 1. The third kappa shape index (κ3) is 4.83. The van der Waals surface area contributed by atoms with Gasteiger partial charge in [-0.05, 0) is 57.0 Å². The second kappa shape index (κ2) is 8.57. The lowest BCUT2D eigenvalue weighted by molar-refractivity contribution is 0.0682. The molecule has 1 aromatic rings. The summed E-state index contributed by atoms with van der Waals surface area (Å²) in [5, 5.41) is 3.53. The summed E-state index contributed by atoms with van der Waals surface area (Å²) in [6.07, 6.45) is 3.09. The molecule has 1 N–H and O–H groups in total. The van der Waals surface area contributed by atoms with Crippen LogP contribution >= 0.6 is 24.0 Å². The minimum atomic E-state index is -0.503. The summed E-state index contributed by atoms with van der Waals surface area (Å²) in [6.45, 7) is 2.39. The Hall–Kier alpha value is -0.840. The van der Waals surface area contributed by atoms with Crippen LogP contribution in [0.5, 0.6) is 0 Å². The van der Waals surface area contributed by atoms with E-state index in [0.29, 0.717) is 24.0 Å². The van der Waals surface area contributed by atoms with Crippen LogP contribution in [0.25, 0.3) is 0 Å². The maximum atomic E-state index is 13.7. The molecule has 0 aromatic heterocycles. The Labute approximate surface area is 136 Å². The highest BCUT2D eigenvalue weighted by molar-refractivity contribution is 6.31. The Morgan fingerprint density at radius 1 is 1.43 bits per heavy atom. The van der Waals surface area contributed by atoms with Gasteiger partial charge in [-0.1, -0.05) is 11.6 Å². The van der Waals surface area contributed by atoms with Crippen molar-refractivity contribution in [3.8, 4) is 0 Å². The second-order valence-electron chi connectivity index (χ2n) is 5.25. The summed E-state index contributed by atoms with van der Waals surface area (Å²) in [6, 6.07) is 4.11. The van der Waals surface area contributed by atoms with Gasteiger partial charge in [0.05, 0.1) is 5.56 Å². The molecule has 3 nitrogen and oxygen atoms in total. The average Bonchev–Trinajstić information content (AvgIpc) is 2.47. The van der Waals surface area contributed by atoms with E-state index in [1.54, 1.807) is 4.90 Å². The summed E-state index contributed by atoms with van der Waals surface area (Å²) in [4.78, 5) is 14.0. The first-order valence-corrected chi connectivity index (χ1v) is 7.38. The van der Waals surface area contributed by atoms with Gasteiger partial charge in [-0.25, -0.2) is 4.39 Å². The van der Waals surface area contributed by atoms with Crippen molar-refractivity contribution >= 4 is 29.9 Å². The monoisotopic (exact) mass is 334 g/mol. The number of rotatable bonds is 4. The van der Waals surface area contributed by atoms with Crippen LogP contribution in [0.1, 0.15) is 29.6 Å². The smallest absolute Gasteiger partial charge is 0.256 e. The standard InChI is InChI=1S/C15H20ClFN2O.ClH/c1-18-7-4-11-5-8-19(9-6-11)15(20)13-10-12(16)2-3-14(13)17;/h2-3,10-11,18H,4-9H2,1H3;1H. The summed E-state index contributed by atoms with van der Waals surface area (Å²) in [5.74, 6) is -0.107. The lowest BCUT2D eigenvalue weighted by Gasteiger charge is -2.32. The molecular weight excluding hydrogens is 314 g/mol. The van der Waals surface area contributed by atoms with E-state index in [1.165, 1.54) is 18.2 Å². The van der Waals surface area contributed by atoms with Gasteiger partial charge in [0.15, 0.2) is 0 Å². The van der Waals surface area contributed by atoms with Gasteiger partial charge in [-0.2, -0.15) is 0 Å². The van der Waals surface area contributed by atoms with Crippen molar-refractivity contribution in [2.45, 2.75) is 19.3 Å². The molecule has 1 aliphatic heterocycles. The maximum Gasteiger partial charge on any atom is 0.256 e. The van der Waals surface area contributed by atoms with Crippen LogP contribution in [0.3, 0.4) is 0 Å². The zero-order valence-electron chi connectivity index (χ0n) is 12.1. The number of likely N-dealkylation sites (tertiary alicyclic amines) is 1. The first-order chi connectivity index (χ1) is 9.61. The fraction of sp³-hybridized carbons (Fsp3) is 0.533. The summed E-state index contributed by atoms with van der Waals surface area (Å²) >= 11 is 5.84. The third-order valence-corrected chi connectivity index (χ3v) is 4.10. The maximum absolute atomic E-state index is 13.7. The van der Waals surface area contributed by atoms with Gasteiger partial charge in [0.2, 0.25) is 0 Å². The minimum Gasteiger partial charge on any atom is -0.339 e. The first-order valence-electron chi connectivity index (χ1n) is 7.00. The van der Waals surface area contributed by atoms with Gasteiger partial charge in [-0.3, -0.25) is 4.79 Å². The summed E-state index contributed by atoms with van der Waals surface area (Å²) in [7, 11) is 1.95. The van der Waals surface area contributed by atoms with E-state index in [0.717, 1.165) is 25.8 Å². The number of hydrogen-bond donors (Lipinski definition) is 1. The molecule has 1 heterocycles. The van der Waals surface area contributed by atoms with Gasteiger partial charge in [0.1, 0.15) is 5.82 Å². The van der Waals surface area contributed by atoms with Gasteiger partial charge >= 0.3 is 0 Å². The molecular formula is C15H21Cl2FN2O. The molecule has 118 valence electrons. The number of benzene rings is 1. The van der Waals surface area contributed by atoms with E-state index in [2.05, 4.69) is 5.32 Å². The zero-order chi connectivity index (χ0) is 14.5. The fourth-order valence-corrected chi connectivity index (χ4v) is 2.78. The molecule has 1 aliphatic rings. The molecule has 0 radical (unpaired) electrons. The topological polar surface area (TPSA) is 32.3 Å². The number of hydrogen-bond acceptors (Lipinski definition) is 2. The molecule has 1 amide bonds. The molecule has 0 aliphatic carbocycles. The largest absolute Gasteiger partial charge is 0.339 e. The molecule has 1 fully saturated rings. The highest BCUT2D eigenvalue weighted by atomic mass is 35.5. The van der Waals surface area contributed by atoms with Crippen molar-refractivity contribution in [1.29, 1.82) is 0 Å². The Balaban J connectivity index is 0.00000220. The highest BCUT2D eigenvalue weighted by Gasteiger charge is 2.25. The van der Waals surface area contributed by atoms with Crippen LogP contribution in [-0.2, 0) is 0 Å². The normalized spacial score (nSPS) is 15.7. The van der Waals surface area contributed by atoms with Crippen molar-refractivity contribution in [3.05, 3.63) is 34.6 Å². The lowest BCUT2D eigenvalue weighted by atomic mass is 9.93. The van der Waals surface area contributed by atoms with Gasteiger partial charge in [0.25, 0.3) is 5.91 Å². The van der Waals surface area contributed by atoms with Crippen LogP contribution < -0.4 is 5.32 Å². The van der Waals surface area contributed by atoms with E-state index < -0.39 is 5.82 Å². The van der Waals surface area contributed by atoms with Crippen LogP contribution in [0, 0.1) is 11.7 Å². The van der Waals surface area contributed by atoms with Gasteiger partial charge in [0, 0.05) is 18.1 Å². The van der Waals surface area contributed by atoms with E-state index >= 15 is 0 Å². The Bertz CT molecular complexity index is 477. The van der Waals surface area contributed by atoms with E-state index in [1.807, 2.05) is 7.05 Å². The molecule has 0 bridgehead atoms. The fourth-order valence-electron chi connectivity index (χ4n) is 2.60. The Morgan fingerprint density at radius 3 is 2.71 bits per heavy atom. The molecule has 0 atom stereocenters. The lowest BCUT2D eigenvalue weighted by Crippen LogP contribution is -2.39. The summed E-state index contributed by atoms with van der Waals surface area (Å²) in [5.41, 5.74) is 0.0752. The molecule has 0 unspecified atom stereocenters. The van der Waals surface area contributed by atoms with Gasteiger partial charge < -0.3 is 10.2 Å². The number of nitrogens with one attached hydrogen (secondary N) is 1. The molecule has 1 aromatic carbocycles. The predicted molar refractivity (Wildman–Crippen MR) is 85.8 cm³/mol. The SMILES string of the molecule is CNCCC1CCN(C(=O)c2cc(Cl)ccc2F)CC1.Cl. The number of carbonyl (C=O) groups is 1. The number of carbonyl (C=O) groups excluding carboxylic acids is 1. The molecule has 0 spiro atoms. The minimum absolute atomic E-state index is 0. The molecule has 0 saturated carbocycles. The van der Waals surface area contributed by atoms with E-state index in [4.69, 9.17) is 11.6 Å². The zero-order valence-corrected chi connectivity index (χ0v) is 13.6. The molecule has 21 heavy (non-hydrogen) atoms. The van der Waals surface area contributed by atoms with Crippen molar-refractivity contribution in [2.75, 3.05) is 26.7 Å². The van der Waals surface area contributed by atoms with Crippen molar-refractivity contribution in [3.63, 3.8) is 0 Å². The highest BCUT2D eigenvalue weighted by Crippen LogP contribution is 2.23. The molecule has 6 heteroatoms. The van der Waals surface area contributed by atoms with Crippen molar-refractivity contribution in [1.82, 2.24) is 10.2 Å². The Kier molecular flexibility index (Phi) is 7.43. The number of halogens is 3. The number of amides is 1. The van der Waals surface area contributed by atoms with Crippen LogP contribution in [-0.4, -0.2) is 37.5 Å². The summed E-state index contributed by atoms with van der Waals surface area (Å²) < 4.78 is 13.7. The van der Waals surface area contributed by atoms with Crippen molar-refractivity contribution in [2.24, 2.45) is 5.92 Å². The molecule has 2 rings (SSSR count).